The van der Waals surface area contributed by atoms with Gasteiger partial charge in [0.1, 0.15) is 5.75 Å². The molecular weight excluding hydrogens is 520 g/mol. The van der Waals surface area contributed by atoms with Crippen LogP contribution in [0.5, 0.6) is 5.75 Å². The van der Waals surface area contributed by atoms with Gasteiger partial charge in [0.15, 0.2) is 34.7 Å². The lowest BCUT2D eigenvalue weighted by atomic mass is 9.52. The van der Waals surface area contributed by atoms with Gasteiger partial charge in [-0.3, -0.25) is 28.9 Å². The summed E-state index contributed by atoms with van der Waals surface area (Å²) < 4.78 is 0. The standard InChI is InChI=1S/C29H36N2O7S/c1-13-9-15(12-39-16-7-5-4-6-8-16)23(32)20-17(13)10-14-11-18-22(31(2)3)25(34)21(28(30)37)27(36)29(18,38)26(35)19(14)24(20)33/h9,14,16,18-19,21-22,32,38H,4-8,10-12H2,1-3H3,(H2,30,37)/t14-,18-,19?,21?,22?,29-/m0/s1. The number of Topliss-reactive ketones (excluding diaryl/α,β-unsaturated/α-hetero) is 4. The van der Waals surface area contributed by atoms with Gasteiger partial charge in [0.2, 0.25) is 5.91 Å². The minimum Gasteiger partial charge on any atom is -0.507 e. The number of nitrogens with zero attached hydrogens (tertiary/aromatic N) is 1. The van der Waals surface area contributed by atoms with Crippen molar-refractivity contribution in [2.24, 2.45) is 29.4 Å². The molecule has 0 spiro atoms. The number of primary amides is 1. The second-order valence-electron chi connectivity index (χ2n) is 11.9. The summed E-state index contributed by atoms with van der Waals surface area (Å²) in [5.74, 6) is -9.46. The number of benzene rings is 1. The minimum atomic E-state index is -2.70. The molecule has 10 heteroatoms. The highest BCUT2D eigenvalue weighted by molar-refractivity contribution is 7.99. The quantitative estimate of drug-likeness (QED) is 0.460. The molecule has 3 fully saturated rings. The maximum Gasteiger partial charge on any atom is 0.235 e. The van der Waals surface area contributed by atoms with Gasteiger partial charge in [-0.1, -0.05) is 25.3 Å². The number of ketones is 4. The lowest BCUT2D eigenvalue weighted by Gasteiger charge is -2.52. The van der Waals surface area contributed by atoms with Crippen molar-refractivity contribution in [1.82, 2.24) is 4.90 Å². The van der Waals surface area contributed by atoms with Gasteiger partial charge in [-0.05, 0) is 63.7 Å². The number of aromatic hydroxyl groups is 1. The van der Waals surface area contributed by atoms with Gasteiger partial charge in [0, 0.05) is 22.5 Å². The molecule has 9 nitrogen and oxygen atoms in total. The molecule has 1 aromatic carbocycles. The number of aryl methyl sites for hydroxylation is 1. The number of phenolic OH excluding ortho intramolecular Hbond substituents is 1. The number of amides is 1. The number of carbonyl (C=O) groups is 5. The molecule has 0 aromatic heterocycles. The molecular formula is C29H36N2O7S. The molecule has 1 aromatic rings. The highest BCUT2D eigenvalue weighted by Crippen LogP contribution is 2.51. The molecule has 39 heavy (non-hydrogen) atoms. The Balaban J connectivity index is 1.53. The fourth-order valence-corrected chi connectivity index (χ4v) is 8.78. The predicted molar refractivity (Wildman–Crippen MR) is 144 cm³/mol. The summed E-state index contributed by atoms with van der Waals surface area (Å²) in [4.78, 5) is 68.0. The van der Waals surface area contributed by atoms with Crippen LogP contribution in [-0.4, -0.2) is 75.1 Å². The summed E-state index contributed by atoms with van der Waals surface area (Å²) in [6, 6.07) is 0.812. The highest BCUT2D eigenvalue weighted by Gasteiger charge is 2.69. The molecule has 5 rings (SSSR count). The molecule has 4 aliphatic rings. The average Bonchev–Trinajstić information content (AvgIpc) is 2.87. The second kappa shape index (κ2) is 10.1. The van der Waals surface area contributed by atoms with E-state index in [1.807, 2.05) is 13.0 Å². The number of rotatable bonds is 5. The van der Waals surface area contributed by atoms with Crippen molar-refractivity contribution in [3.8, 4) is 5.75 Å². The first-order valence-corrected chi connectivity index (χ1v) is 14.7. The number of carbonyl (C=O) groups excluding carboxylic acids is 5. The van der Waals surface area contributed by atoms with Crippen LogP contribution in [0.4, 0.5) is 0 Å². The molecule has 3 unspecified atom stereocenters. The van der Waals surface area contributed by atoms with Gasteiger partial charge in [-0.15, -0.1) is 0 Å². The highest BCUT2D eigenvalue weighted by atomic mass is 32.2. The van der Waals surface area contributed by atoms with Gasteiger partial charge in [0.25, 0.3) is 0 Å². The minimum absolute atomic E-state index is 0.0589. The summed E-state index contributed by atoms with van der Waals surface area (Å²) in [5.41, 5.74) is 4.89. The molecule has 0 heterocycles. The van der Waals surface area contributed by atoms with Crippen molar-refractivity contribution in [3.63, 3.8) is 0 Å². The number of nitrogens with two attached hydrogens (primary N) is 1. The van der Waals surface area contributed by atoms with E-state index < -0.39 is 64.4 Å². The maximum atomic E-state index is 13.9. The van der Waals surface area contributed by atoms with E-state index in [1.165, 1.54) is 24.2 Å². The van der Waals surface area contributed by atoms with Crippen LogP contribution in [0.3, 0.4) is 0 Å². The van der Waals surface area contributed by atoms with Crippen molar-refractivity contribution in [2.45, 2.75) is 74.5 Å². The van der Waals surface area contributed by atoms with Crippen molar-refractivity contribution < 1.29 is 34.2 Å². The molecule has 1 amide bonds. The largest absolute Gasteiger partial charge is 0.507 e. The number of aliphatic hydroxyl groups is 1. The lowest BCUT2D eigenvalue weighted by Crippen LogP contribution is -2.74. The predicted octanol–water partition coefficient (Wildman–Crippen LogP) is 1.74. The van der Waals surface area contributed by atoms with E-state index in [0.29, 0.717) is 28.6 Å². The number of fused-ring (bicyclic) bond motifs is 3. The summed E-state index contributed by atoms with van der Waals surface area (Å²) in [5, 5.41) is 23.5. The van der Waals surface area contributed by atoms with Crippen LogP contribution in [0.2, 0.25) is 0 Å². The van der Waals surface area contributed by atoms with Crippen LogP contribution in [0.25, 0.3) is 0 Å². The number of phenols is 1. The normalized spacial score (nSPS) is 33.1. The van der Waals surface area contributed by atoms with E-state index >= 15 is 0 Å². The van der Waals surface area contributed by atoms with Crippen LogP contribution in [0.15, 0.2) is 6.07 Å². The van der Waals surface area contributed by atoms with Crippen molar-refractivity contribution >= 4 is 40.8 Å². The number of thioether (sulfide) groups is 1. The van der Waals surface area contributed by atoms with Gasteiger partial charge in [-0.2, -0.15) is 11.8 Å². The van der Waals surface area contributed by atoms with Crippen molar-refractivity contribution in [1.29, 1.82) is 0 Å². The van der Waals surface area contributed by atoms with Crippen LogP contribution < -0.4 is 5.73 Å². The Kier molecular flexibility index (Phi) is 7.26. The molecule has 210 valence electrons. The second-order valence-corrected chi connectivity index (χ2v) is 13.2. The van der Waals surface area contributed by atoms with Crippen molar-refractivity contribution in [3.05, 3.63) is 28.3 Å². The van der Waals surface area contributed by atoms with Gasteiger partial charge >= 0.3 is 0 Å². The van der Waals surface area contributed by atoms with E-state index in [1.54, 1.807) is 25.9 Å². The fourth-order valence-electron chi connectivity index (χ4n) is 7.48. The van der Waals surface area contributed by atoms with E-state index in [4.69, 9.17) is 5.73 Å². The molecule has 0 radical (unpaired) electrons. The van der Waals surface area contributed by atoms with Gasteiger partial charge < -0.3 is 15.9 Å². The molecule has 0 bridgehead atoms. The summed E-state index contributed by atoms with van der Waals surface area (Å²) in [7, 11) is 3.15. The molecule has 0 saturated heterocycles. The summed E-state index contributed by atoms with van der Waals surface area (Å²) in [6.07, 6.45) is 6.23. The van der Waals surface area contributed by atoms with Gasteiger partial charge in [0.05, 0.1) is 17.5 Å². The van der Waals surface area contributed by atoms with Gasteiger partial charge in [-0.25, -0.2) is 0 Å². The van der Waals surface area contributed by atoms with E-state index in [2.05, 4.69) is 0 Å². The topological polar surface area (TPSA) is 155 Å². The van der Waals surface area contributed by atoms with Crippen molar-refractivity contribution in [2.75, 3.05) is 14.1 Å². The molecule has 4 aliphatic carbocycles. The molecule has 6 atom stereocenters. The van der Waals surface area contributed by atoms with Crippen LogP contribution in [0, 0.1) is 30.6 Å². The fraction of sp³-hybridized carbons (Fsp3) is 0.621. The first-order valence-electron chi connectivity index (χ1n) is 13.7. The zero-order valence-electron chi connectivity index (χ0n) is 22.6. The van der Waals surface area contributed by atoms with Crippen LogP contribution in [0.1, 0.15) is 65.6 Å². The Bertz CT molecular complexity index is 1270. The zero-order chi connectivity index (χ0) is 28.4. The summed E-state index contributed by atoms with van der Waals surface area (Å²) >= 11 is 1.77. The molecule has 0 aliphatic heterocycles. The lowest BCUT2D eigenvalue weighted by molar-refractivity contribution is -0.181. The van der Waals surface area contributed by atoms with Crippen LogP contribution in [-0.2, 0) is 31.4 Å². The van der Waals surface area contributed by atoms with E-state index in [-0.39, 0.29) is 17.7 Å². The summed E-state index contributed by atoms with van der Waals surface area (Å²) in [6.45, 7) is 1.88. The Hall–Kier alpha value is -2.56. The third kappa shape index (κ3) is 4.26. The first-order chi connectivity index (χ1) is 18.4. The first kappa shape index (κ1) is 28.0. The Labute approximate surface area is 231 Å². The smallest absolute Gasteiger partial charge is 0.235 e. The zero-order valence-corrected chi connectivity index (χ0v) is 23.4. The third-order valence-electron chi connectivity index (χ3n) is 9.39. The number of hydrogen-bond donors (Lipinski definition) is 3. The Morgan fingerprint density at radius 3 is 2.41 bits per heavy atom. The van der Waals surface area contributed by atoms with E-state index in [0.717, 1.165) is 18.4 Å². The Morgan fingerprint density at radius 1 is 1.13 bits per heavy atom. The van der Waals surface area contributed by atoms with E-state index in [9.17, 15) is 34.2 Å². The Morgan fingerprint density at radius 2 is 1.79 bits per heavy atom. The average molecular weight is 557 g/mol. The maximum absolute atomic E-state index is 13.9. The third-order valence-corrected chi connectivity index (χ3v) is 10.8. The number of likely N-dealkylation sites (N-methyl/N-ethyl adjacent to an activating group) is 1. The SMILES string of the molecule is Cc1cc(CSC2CCCCC2)c(O)c2c1C[C@H]1C[C@H]3C(N(C)C)C(=O)C(C(N)=O)C(=O)[C@@]3(O)C(=O)C1C2=O. The molecule has 4 N–H and O–H groups in total. The van der Waals surface area contributed by atoms with Crippen LogP contribution >= 0.6 is 11.8 Å². The number of hydrogen-bond acceptors (Lipinski definition) is 9. The molecule has 3 saturated carbocycles. The monoisotopic (exact) mass is 556 g/mol.